The van der Waals surface area contributed by atoms with Crippen LogP contribution in [-0.2, 0) is 4.74 Å². The lowest BCUT2D eigenvalue weighted by molar-refractivity contribution is 0.128. The molecule has 1 unspecified atom stereocenters. The van der Waals surface area contributed by atoms with E-state index in [1.807, 2.05) is 26.0 Å². The topological polar surface area (TPSA) is 64.3 Å². The van der Waals surface area contributed by atoms with E-state index in [-0.39, 0.29) is 6.10 Å². The molecule has 0 bridgehead atoms. The minimum atomic E-state index is 0.152. The molecule has 86 valence electrons. The summed E-state index contributed by atoms with van der Waals surface area (Å²) in [5.74, 6) is 1.57. The van der Waals surface area contributed by atoms with E-state index in [0.717, 1.165) is 23.8 Å². The third-order valence-corrected chi connectivity index (χ3v) is 2.39. The summed E-state index contributed by atoms with van der Waals surface area (Å²) in [4.78, 5) is 0. The maximum absolute atomic E-state index is 5.15. The zero-order chi connectivity index (χ0) is 11.5. The van der Waals surface area contributed by atoms with Crippen LogP contribution in [0.2, 0.25) is 0 Å². The monoisotopic (exact) mass is 221 g/mol. The van der Waals surface area contributed by atoms with Crippen LogP contribution < -0.4 is 5.32 Å². The third kappa shape index (κ3) is 2.11. The van der Waals surface area contributed by atoms with Crippen LogP contribution in [0.25, 0.3) is 5.65 Å². The molecule has 16 heavy (non-hydrogen) atoms. The number of nitrogens with zero attached hydrogens (tertiary/aromatic N) is 4. The lowest BCUT2D eigenvalue weighted by Gasteiger charge is -2.10. The van der Waals surface area contributed by atoms with E-state index in [4.69, 9.17) is 4.74 Å². The summed E-state index contributed by atoms with van der Waals surface area (Å²) in [5.41, 5.74) is 0.753. The highest BCUT2D eigenvalue weighted by Gasteiger charge is 2.04. The van der Waals surface area contributed by atoms with Gasteiger partial charge in [-0.15, -0.1) is 15.3 Å². The summed E-state index contributed by atoms with van der Waals surface area (Å²) >= 11 is 0. The van der Waals surface area contributed by atoms with Crippen molar-refractivity contribution < 1.29 is 4.74 Å². The molecule has 0 aromatic carbocycles. The van der Waals surface area contributed by atoms with Crippen LogP contribution in [-0.4, -0.2) is 39.6 Å². The number of methoxy groups -OCH3 is 1. The predicted octanol–water partition coefficient (Wildman–Crippen LogP) is 0.880. The maximum Gasteiger partial charge on any atom is 0.178 e. The molecule has 6 heteroatoms. The van der Waals surface area contributed by atoms with Crippen LogP contribution in [0.5, 0.6) is 0 Å². The summed E-state index contributed by atoms with van der Waals surface area (Å²) in [6, 6.07) is 3.76. The van der Waals surface area contributed by atoms with E-state index in [0.29, 0.717) is 0 Å². The normalized spacial score (nSPS) is 12.9. The first kappa shape index (κ1) is 10.8. The summed E-state index contributed by atoms with van der Waals surface area (Å²) in [6.45, 7) is 4.58. The number of ether oxygens (including phenoxy) is 1. The fraction of sp³-hybridized carbons (Fsp3) is 0.500. The Morgan fingerprint density at radius 1 is 1.44 bits per heavy atom. The van der Waals surface area contributed by atoms with Gasteiger partial charge >= 0.3 is 0 Å². The van der Waals surface area contributed by atoms with E-state index in [9.17, 15) is 0 Å². The third-order valence-electron chi connectivity index (χ3n) is 2.39. The molecule has 0 aliphatic carbocycles. The highest BCUT2D eigenvalue weighted by atomic mass is 16.5. The van der Waals surface area contributed by atoms with Crippen LogP contribution in [0.15, 0.2) is 12.1 Å². The molecule has 2 aromatic rings. The zero-order valence-electron chi connectivity index (χ0n) is 9.64. The number of rotatable bonds is 4. The van der Waals surface area contributed by atoms with Gasteiger partial charge in [-0.1, -0.05) is 0 Å². The second-order valence-corrected chi connectivity index (χ2v) is 3.66. The van der Waals surface area contributed by atoms with Crippen molar-refractivity contribution >= 4 is 11.5 Å². The highest BCUT2D eigenvalue weighted by Crippen LogP contribution is 2.06. The van der Waals surface area contributed by atoms with Crippen molar-refractivity contribution in [3.8, 4) is 0 Å². The lowest BCUT2D eigenvalue weighted by Crippen LogP contribution is -2.19. The van der Waals surface area contributed by atoms with Gasteiger partial charge in [0.2, 0.25) is 0 Å². The molecular weight excluding hydrogens is 206 g/mol. The molecule has 2 rings (SSSR count). The number of fused-ring (bicyclic) bond motifs is 1. The smallest absolute Gasteiger partial charge is 0.178 e. The Morgan fingerprint density at radius 2 is 2.25 bits per heavy atom. The predicted molar refractivity (Wildman–Crippen MR) is 60.5 cm³/mol. The van der Waals surface area contributed by atoms with Gasteiger partial charge in [-0.2, -0.15) is 4.52 Å². The minimum Gasteiger partial charge on any atom is -0.380 e. The van der Waals surface area contributed by atoms with Gasteiger partial charge in [-0.25, -0.2) is 0 Å². The molecule has 0 amide bonds. The second kappa shape index (κ2) is 4.44. The second-order valence-electron chi connectivity index (χ2n) is 3.66. The van der Waals surface area contributed by atoms with Crippen LogP contribution in [0.4, 0.5) is 5.82 Å². The van der Waals surface area contributed by atoms with Crippen molar-refractivity contribution in [2.75, 3.05) is 19.0 Å². The van der Waals surface area contributed by atoms with Crippen molar-refractivity contribution in [2.45, 2.75) is 20.0 Å². The summed E-state index contributed by atoms with van der Waals surface area (Å²) in [6.07, 6.45) is 0.152. The van der Waals surface area contributed by atoms with Crippen molar-refractivity contribution in [3.63, 3.8) is 0 Å². The average Bonchev–Trinajstić information content (AvgIpc) is 2.68. The lowest BCUT2D eigenvalue weighted by atomic mass is 10.4. The Kier molecular flexibility index (Phi) is 3.00. The molecule has 2 heterocycles. The number of nitrogens with one attached hydrogen (secondary N) is 1. The number of hydrogen-bond donors (Lipinski definition) is 1. The Morgan fingerprint density at radius 3 is 3.00 bits per heavy atom. The quantitative estimate of drug-likeness (QED) is 0.830. The number of hydrogen-bond acceptors (Lipinski definition) is 5. The largest absolute Gasteiger partial charge is 0.380 e. The number of aryl methyl sites for hydroxylation is 1. The minimum absolute atomic E-state index is 0.152. The molecule has 1 N–H and O–H groups in total. The van der Waals surface area contributed by atoms with Gasteiger partial charge < -0.3 is 10.1 Å². The molecule has 0 spiro atoms. The fourth-order valence-electron chi connectivity index (χ4n) is 1.32. The van der Waals surface area contributed by atoms with E-state index in [1.54, 1.807) is 11.6 Å². The van der Waals surface area contributed by atoms with Crippen LogP contribution in [0, 0.1) is 6.92 Å². The fourth-order valence-corrected chi connectivity index (χ4v) is 1.32. The van der Waals surface area contributed by atoms with Gasteiger partial charge in [0.05, 0.1) is 6.10 Å². The van der Waals surface area contributed by atoms with Crippen LogP contribution in [0.1, 0.15) is 12.7 Å². The molecular formula is C10H15N5O. The maximum atomic E-state index is 5.15. The molecule has 0 aliphatic heterocycles. The van der Waals surface area contributed by atoms with Gasteiger partial charge in [0.15, 0.2) is 11.5 Å². The molecule has 0 aliphatic rings. The summed E-state index contributed by atoms with van der Waals surface area (Å²) in [5, 5.41) is 15.5. The van der Waals surface area contributed by atoms with E-state index in [1.165, 1.54) is 0 Å². The molecule has 1 atom stereocenters. The Hall–Kier alpha value is -1.69. The van der Waals surface area contributed by atoms with Crippen LogP contribution in [0.3, 0.4) is 0 Å². The van der Waals surface area contributed by atoms with Crippen molar-refractivity contribution in [3.05, 3.63) is 18.0 Å². The van der Waals surface area contributed by atoms with Crippen molar-refractivity contribution in [1.82, 2.24) is 19.8 Å². The van der Waals surface area contributed by atoms with E-state index >= 15 is 0 Å². The van der Waals surface area contributed by atoms with Crippen LogP contribution >= 0.6 is 0 Å². The van der Waals surface area contributed by atoms with Gasteiger partial charge in [0.1, 0.15) is 5.82 Å². The van der Waals surface area contributed by atoms with Crippen molar-refractivity contribution in [2.24, 2.45) is 0 Å². The highest BCUT2D eigenvalue weighted by molar-refractivity contribution is 5.43. The van der Waals surface area contributed by atoms with E-state index < -0.39 is 0 Å². The van der Waals surface area contributed by atoms with Gasteiger partial charge in [-0.05, 0) is 26.0 Å². The SMILES string of the molecule is COC(C)CNc1ccc2nnc(C)n2n1. The van der Waals surface area contributed by atoms with Gasteiger partial charge in [0.25, 0.3) is 0 Å². The number of anilines is 1. The van der Waals surface area contributed by atoms with Gasteiger partial charge in [0, 0.05) is 13.7 Å². The molecule has 2 aromatic heterocycles. The molecule has 0 saturated carbocycles. The van der Waals surface area contributed by atoms with Crippen molar-refractivity contribution in [1.29, 1.82) is 0 Å². The van der Waals surface area contributed by atoms with Gasteiger partial charge in [-0.3, -0.25) is 0 Å². The molecule has 0 radical (unpaired) electrons. The van der Waals surface area contributed by atoms with E-state index in [2.05, 4.69) is 20.6 Å². The first-order valence-electron chi connectivity index (χ1n) is 5.16. The Balaban J connectivity index is 2.15. The first-order chi connectivity index (χ1) is 7.70. The Bertz CT molecular complexity index is 481. The number of aromatic nitrogens is 4. The Labute approximate surface area is 93.6 Å². The summed E-state index contributed by atoms with van der Waals surface area (Å²) < 4.78 is 6.85. The molecule has 0 saturated heterocycles. The first-order valence-corrected chi connectivity index (χ1v) is 5.16. The standard InChI is InChI=1S/C10H15N5O/c1-7(16-3)6-11-9-4-5-10-13-12-8(2)15(10)14-9/h4-5,7H,6H2,1-3H3,(H,11,14). The molecule has 0 fully saturated rings. The zero-order valence-corrected chi connectivity index (χ0v) is 9.64. The average molecular weight is 221 g/mol. The summed E-state index contributed by atoms with van der Waals surface area (Å²) in [7, 11) is 1.69. The molecule has 6 nitrogen and oxygen atoms in total.